The Labute approximate surface area is 98.3 Å². The van der Waals surface area contributed by atoms with Crippen molar-refractivity contribution in [2.75, 3.05) is 10.6 Å². The van der Waals surface area contributed by atoms with Crippen molar-refractivity contribution in [3.63, 3.8) is 0 Å². The van der Waals surface area contributed by atoms with E-state index in [1.165, 1.54) is 6.33 Å². The quantitative estimate of drug-likeness (QED) is 0.615. The van der Waals surface area contributed by atoms with Gasteiger partial charge in [-0.2, -0.15) is 5.26 Å². The lowest BCUT2D eigenvalue weighted by atomic mass is 10.4. The van der Waals surface area contributed by atoms with E-state index in [1.54, 1.807) is 12.3 Å². The van der Waals surface area contributed by atoms with Crippen LogP contribution in [0, 0.1) is 18.4 Å². The first-order valence-corrected chi connectivity index (χ1v) is 5.04. The van der Waals surface area contributed by atoms with Gasteiger partial charge in [0.25, 0.3) is 0 Å². The topological polar surface area (TPSA) is 86.8 Å². The highest BCUT2D eigenvalue weighted by molar-refractivity contribution is 5.48. The van der Waals surface area contributed by atoms with E-state index in [9.17, 15) is 0 Å². The molecule has 2 aromatic heterocycles. The van der Waals surface area contributed by atoms with Crippen LogP contribution in [0.15, 0.2) is 28.9 Å². The van der Waals surface area contributed by atoms with Gasteiger partial charge in [0.1, 0.15) is 29.5 Å². The molecule has 0 bridgehead atoms. The summed E-state index contributed by atoms with van der Waals surface area (Å²) in [6.45, 7) is 2.43. The van der Waals surface area contributed by atoms with Crippen LogP contribution in [0.2, 0.25) is 0 Å². The van der Waals surface area contributed by atoms with Crippen LogP contribution in [0.25, 0.3) is 0 Å². The van der Waals surface area contributed by atoms with E-state index in [4.69, 9.17) is 9.68 Å². The van der Waals surface area contributed by atoms with Crippen molar-refractivity contribution in [3.05, 3.63) is 36.0 Å². The van der Waals surface area contributed by atoms with Crippen molar-refractivity contribution in [2.45, 2.75) is 13.5 Å². The molecule has 17 heavy (non-hydrogen) atoms. The highest BCUT2D eigenvalue weighted by atomic mass is 16.3. The highest BCUT2D eigenvalue weighted by Crippen LogP contribution is 2.11. The summed E-state index contributed by atoms with van der Waals surface area (Å²) < 4.78 is 5.41. The third-order valence-electron chi connectivity index (χ3n) is 2.09. The molecule has 0 aromatic carbocycles. The van der Waals surface area contributed by atoms with Gasteiger partial charge in [0.2, 0.25) is 0 Å². The molecule has 6 nitrogen and oxygen atoms in total. The van der Waals surface area contributed by atoms with Crippen molar-refractivity contribution in [1.82, 2.24) is 9.97 Å². The van der Waals surface area contributed by atoms with Crippen molar-refractivity contribution >= 4 is 11.6 Å². The lowest BCUT2D eigenvalue weighted by molar-refractivity contribution is 0.490. The standard InChI is InChI=1S/C11H11N5O/c1-8-2-3-9(17-8)5-13-10-4-11(14-6-12)16-7-15-10/h2-4,7H,5H2,1H3,(H2,13,14,15,16). The summed E-state index contributed by atoms with van der Waals surface area (Å²) in [6, 6.07) is 5.45. The van der Waals surface area contributed by atoms with Crippen LogP contribution in [-0.2, 0) is 6.54 Å². The Hall–Kier alpha value is -2.55. The van der Waals surface area contributed by atoms with Gasteiger partial charge >= 0.3 is 0 Å². The second-order valence-corrected chi connectivity index (χ2v) is 3.39. The second-order valence-electron chi connectivity index (χ2n) is 3.39. The Balaban J connectivity index is 1.99. The van der Waals surface area contributed by atoms with Crippen LogP contribution in [0.5, 0.6) is 0 Å². The van der Waals surface area contributed by atoms with Gasteiger partial charge in [-0.25, -0.2) is 9.97 Å². The van der Waals surface area contributed by atoms with Gasteiger partial charge in [0.15, 0.2) is 6.19 Å². The lowest BCUT2D eigenvalue weighted by Crippen LogP contribution is -2.02. The maximum absolute atomic E-state index is 8.46. The van der Waals surface area contributed by atoms with E-state index in [2.05, 4.69) is 20.6 Å². The Morgan fingerprint density at radius 2 is 2.18 bits per heavy atom. The zero-order chi connectivity index (χ0) is 12.1. The fourth-order valence-corrected chi connectivity index (χ4v) is 1.34. The van der Waals surface area contributed by atoms with Gasteiger partial charge < -0.3 is 9.73 Å². The molecule has 0 saturated heterocycles. The molecule has 0 atom stereocenters. The summed E-state index contributed by atoms with van der Waals surface area (Å²) in [5.41, 5.74) is 0. The number of rotatable bonds is 4. The number of hydrogen-bond donors (Lipinski definition) is 2. The average molecular weight is 229 g/mol. The van der Waals surface area contributed by atoms with Gasteiger partial charge in [-0.05, 0) is 19.1 Å². The van der Waals surface area contributed by atoms with Gasteiger partial charge in [-0.15, -0.1) is 0 Å². The molecular formula is C11H11N5O. The molecule has 0 aliphatic rings. The fourth-order valence-electron chi connectivity index (χ4n) is 1.34. The van der Waals surface area contributed by atoms with Gasteiger partial charge in [-0.1, -0.05) is 0 Å². The van der Waals surface area contributed by atoms with E-state index in [0.717, 1.165) is 11.5 Å². The second kappa shape index (κ2) is 4.99. The Kier molecular flexibility index (Phi) is 3.21. The van der Waals surface area contributed by atoms with Crippen molar-refractivity contribution in [1.29, 1.82) is 5.26 Å². The predicted octanol–water partition coefficient (Wildman–Crippen LogP) is 1.88. The molecule has 0 spiro atoms. The summed E-state index contributed by atoms with van der Waals surface area (Å²) in [7, 11) is 0. The number of anilines is 2. The monoisotopic (exact) mass is 229 g/mol. The Bertz CT molecular complexity index is 543. The van der Waals surface area contributed by atoms with Crippen LogP contribution in [0.3, 0.4) is 0 Å². The summed E-state index contributed by atoms with van der Waals surface area (Å²) in [6.07, 6.45) is 3.19. The van der Waals surface area contributed by atoms with Crippen molar-refractivity contribution < 1.29 is 4.42 Å². The summed E-state index contributed by atoms with van der Waals surface area (Å²) >= 11 is 0. The van der Waals surface area contributed by atoms with Gasteiger partial charge in [-0.3, -0.25) is 5.32 Å². The molecule has 2 heterocycles. The first-order valence-electron chi connectivity index (χ1n) is 5.04. The van der Waals surface area contributed by atoms with E-state index >= 15 is 0 Å². The first-order chi connectivity index (χ1) is 8.28. The van der Waals surface area contributed by atoms with E-state index in [-0.39, 0.29) is 0 Å². The predicted molar refractivity (Wildman–Crippen MR) is 62.0 cm³/mol. The highest BCUT2D eigenvalue weighted by Gasteiger charge is 2.00. The minimum atomic E-state index is 0.459. The average Bonchev–Trinajstić information content (AvgIpc) is 2.74. The smallest absolute Gasteiger partial charge is 0.182 e. The van der Waals surface area contributed by atoms with Crippen LogP contribution < -0.4 is 10.6 Å². The molecule has 0 aliphatic heterocycles. The molecule has 0 amide bonds. The number of nitriles is 1. The van der Waals surface area contributed by atoms with Crippen molar-refractivity contribution in [2.24, 2.45) is 0 Å². The number of nitrogens with zero attached hydrogens (tertiary/aromatic N) is 3. The molecule has 0 saturated carbocycles. The normalized spacial score (nSPS) is 9.65. The maximum Gasteiger partial charge on any atom is 0.182 e. The molecule has 2 N–H and O–H groups in total. The number of aryl methyl sites for hydroxylation is 1. The summed E-state index contributed by atoms with van der Waals surface area (Å²) in [5, 5.41) is 14.0. The molecular weight excluding hydrogens is 218 g/mol. The molecule has 2 rings (SSSR count). The molecule has 0 radical (unpaired) electrons. The lowest BCUT2D eigenvalue weighted by Gasteiger charge is -2.04. The summed E-state index contributed by atoms with van der Waals surface area (Å²) in [4.78, 5) is 7.91. The fraction of sp³-hybridized carbons (Fsp3) is 0.182. The molecule has 0 unspecified atom stereocenters. The minimum Gasteiger partial charge on any atom is -0.465 e. The van der Waals surface area contributed by atoms with Crippen LogP contribution >= 0.6 is 0 Å². The van der Waals surface area contributed by atoms with Gasteiger partial charge in [0, 0.05) is 6.07 Å². The largest absolute Gasteiger partial charge is 0.465 e. The number of nitrogens with one attached hydrogen (secondary N) is 2. The maximum atomic E-state index is 8.46. The Morgan fingerprint density at radius 3 is 2.88 bits per heavy atom. The number of hydrogen-bond acceptors (Lipinski definition) is 6. The van der Waals surface area contributed by atoms with Gasteiger partial charge in [0.05, 0.1) is 6.54 Å². The van der Waals surface area contributed by atoms with Crippen LogP contribution in [0.1, 0.15) is 11.5 Å². The van der Waals surface area contributed by atoms with Crippen LogP contribution in [-0.4, -0.2) is 9.97 Å². The molecule has 0 aliphatic carbocycles. The van der Waals surface area contributed by atoms with Crippen LogP contribution in [0.4, 0.5) is 11.6 Å². The third-order valence-corrected chi connectivity index (χ3v) is 2.09. The SMILES string of the molecule is Cc1ccc(CNc2cc(NC#N)ncn2)o1. The molecule has 2 aromatic rings. The zero-order valence-corrected chi connectivity index (χ0v) is 9.27. The van der Waals surface area contributed by atoms with E-state index in [1.807, 2.05) is 19.1 Å². The van der Waals surface area contributed by atoms with E-state index < -0.39 is 0 Å². The first kappa shape index (κ1) is 11.0. The molecule has 86 valence electrons. The number of aromatic nitrogens is 2. The molecule has 6 heteroatoms. The van der Waals surface area contributed by atoms with Crippen molar-refractivity contribution in [3.8, 4) is 6.19 Å². The third kappa shape index (κ3) is 2.95. The zero-order valence-electron chi connectivity index (χ0n) is 9.27. The summed E-state index contributed by atoms with van der Waals surface area (Å²) in [5.74, 6) is 2.79. The Morgan fingerprint density at radius 1 is 1.35 bits per heavy atom. The minimum absolute atomic E-state index is 0.459. The molecule has 0 fully saturated rings. The van der Waals surface area contributed by atoms with E-state index in [0.29, 0.717) is 18.2 Å². The number of furan rings is 1.